The summed E-state index contributed by atoms with van der Waals surface area (Å²) in [7, 11) is 0. The molecule has 0 aliphatic heterocycles. The van der Waals surface area contributed by atoms with Gasteiger partial charge in [0.1, 0.15) is 0 Å². The molecule has 0 fully saturated rings. The van der Waals surface area contributed by atoms with Crippen LogP contribution in [0.1, 0.15) is 18.3 Å². The van der Waals surface area contributed by atoms with Crippen LogP contribution in [-0.2, 0) is 11.3 Å². The Morgan fingerprint density at radius 2 is 1.81 bits per heavy atom. The van der Waals surface area contributed by atoms with E-state index in [0.717, 1.165) is 16.9 Å². The van der Waals surface area contributed by atoms with Gasteiger partial charge in [0.2, 0.25) is 5.91 Å². The zero-order chi connectivity index (χ0) is 25.7. The van der Waals surface area contributed by atoms with Crippen LogP contribution in [0.4, 0.5) is 17.1 Å². The van der Waals surface area contributed by atoms with Crippen molar-refractivity contribution >= 4 is 46.3 Å². The van der Waals surface area contributed by atoms with Crippen LogP contribution in [-0.4, -0.2) is 30.8 Å². The van der Waals surface area contributed by atoms with E-state index in [0.29, 0.717) is 28.2 Å². The maximum atomic E-state index is 13.0. The number of nitrogens with one attached hydrogen (secondary N) is 2. The predicted molar refractivity (Wildman–Crippen MR) is 142 cm³/mol. The number of aromatic nitrogens is 3. The zero-order valence-corrected chi connectivity index (χ0v) is 21.1. The SMILES string of the molecule is Cc1ccc([N+](=O)[O-])cc1NC(=O)[C@H](C)Sc1nnc(CNc2ccccc2Cl)n1-c1ccccc1. The molecule has 36 heavy (non-hydrogen) atoms. The van der Waals surface area contributed by atoms with E-state index in [1.165, 1.54) is 23.9 Å². The number of nitro groups is 1. The summed E-state index contributed by atoms with van der Waals surface area (Å²) < 4.78 is 1.89. The molecular formula is C25H23ClN6O3S. The van der Waals surface area contributed by atoms with Gasteiger partial charge in [0.05, 0.1) is 33.1 Å². The van der Waals surface area contributed by atoms with Crippen molar-refractivity contribution in [1.29, 1.82) is 0 Å². The van der Waals surface area contributed by atoms with Crippen LogP contribution >= 0.6 is 23.4 Å². The van der Waals surface area contributed by atoms with Gasteiger partial charge in [-0.25, -0.2) is 0 Å². The topological polar surface area (TPSA) is 115 Å². The molecule has 1 atom stereocenters. The van der Waals surface area contributed by atoms with Crippen molar-refractivity contribution in [2.24, 2.45) is 0 Å². The number of amides is 1. The van der Waals surface area contributed by atoms with Gasteiger partial charge in [-0.15, -0.1) is 10.2 Å². The van der Waals surface area contributed by atoms with Crippen molar-refractivity contribution in [2.75, 3.05) is 10.6 Å². The van der Waals surface area contributed by atoms with Gasteiger partial charge in [-0.2, -0.15) is 0 Å². The van der Waals surface area contributed by atoms with Crippen LogP contribution in [0.15, 0.2) is 78.0 Å². The molecule has 1 aromatic heterocycles. The van der Waals surface area contributed by atoms with Crippen LogP contribution in [0.2, 0.25) is 5.02 Å². The molecule has 1 amide bonds. The number of anilines is 2. The van der Waals surface area contributed by atoms with E-state index in [2.05, 4.69) is 20.8 Å². The minimum Gasteiger partial charge on any atom is -0.377 e. The number of thioether (sulfide) groups is 1. The van der Waals surface area contributed by atoms with Gasteiger partial charge in [0, 0.05) is 17.8 Å². The Bertz CT molecular complexity index is 1400. The second-order valence-corrected chi connectivity index (χ2v) is 9.62. The Labute approximate surface area is 217 Å². The highest BCUT2D eigenvalue weighted by Gasteiger charge is 2.22. The van der Waals surface area contributed by atoms with E-state index in [1.54, 1.807) is 26.0 Å². The van der Waals surface area contributed by atoms with Crippen molar-refractivity contribution in [3.63, 3.8) is 0 Å². The third-order valence-corrected chi connectivity index (χ3v) is 6.74. The van der Waals surface area contributed by atoms with Gasteiger partial charge >= 0.3 is 0 Å². The summed E-state index contributed by atoms with van der Waals surface area (Å²) in [6.45, 7) is 3.89. The standard InChI is InChI=1S/C25H23ClN6O3S/c1-16-12-13-19(32(34)35)14-22(16)28-24(33)17(2)36-25-30-29-23(31(25)18-8-4-3-5-9-18)15-27-21-11-7-6-10-20(21)26/h3-14,17,27H,15H2,1-2H3,(H,28,33)/t17-/m0/s1. The van der Waals surface area contributed by atoms with Crippen LogP contribution in [0.25, 0.3) is 5.69 Å². The molecule has 3 aromatic carbocycles. The number of nitro benzene ring substituents is 1. The number of nitrogens with zero attached hydrogens (tertiary/aromatic N) is 4. The molecule has 2 N–H and O–H groups in total. The minimum absolute atomic E-state index is 0.0873. The minimum atomic E-state index is -0.556. The van der Waals surface area contributed by atoms with Gasteiger partial charge in [-0.1, -0.05) is 59.8 Å². The van der Waals surface area contributed by atoms with E-state index >= 15 is 0 Å². The lowest BCUT2D eigenvalue weighted by molar-refractivity contribution is -0.384. The van der Waals surface area contributed by atoms with Crippen molar-refractivity contribution in [3.8, 4) is 5.69 Å². The molecule has 0 spiro atoms. The molecule has 0 unspecified atom stereocenters. The maximum absolute atomic E-state index is 13.0. The van der Waals surface area contributed by atoms with E-state index < -0.39 is 10.2 Å². The average Bonchev–Trinajstić information content (AvgIpc) is 3.27. The van der Waals surface area contributed by atoms with Crippen LogP contribution in [0.3, 0.4) is 0 Å². The zero-order valence-electron chi connectivity index (χ0n) is 19.5. The van der Waals surface area contributed by atoms with Crippen molar-refractivity contribution < 1.29 is 9.72 Å². The average molecular weight is 523 g/mol. The number of carbonyl (C=O) groups is 1. The van der Waals surface area contributed by atoms with E-state index in [9.17, 15) is 14.9 Å². The van der Waals surface area contributed by atoms with Crippen molar-refractivity contribution in [3.05, 3.63) is 99.3 Å². The number of benzene rings is 3. The fourth-order valence-electron chi connectivity index (χ4n) is 3.41. The molecule has 184 valence electrons. The lowest BCUT2D eigenvalue weighted by Gasteiger charge is -2.15. The quantitative estimate of drug-likeness (QED) is 0.160. The number of aryl methyl sites for hydroxylation is 1. The molecule has 4 aromatic rings. The number of hydrogen-bond acceptors (Lipinski definition) is 7. The third-order valence-electron chi connectivity index (χ3n) is 5.37. The molecule has 4 rings (SSSR count). The summed E-state index contributed by atoms with van der Waals surface area (Å²) in [5, 5.41) is 26.5. The van der Waals surface area contributed by atoms with Crippen molar-refractivity contribution in [2.45, 2.75) is 30.8 Å². The van der Waals surface area contributed by atoms with Gasteiger partial charge in [-0.05, 0) is 43.7 Å². The lowest BCUT2D eigenvalue weighted by atomic mass is 10.2. The van der Waals surface area contributed by atoms with Crippen LogP contribution < -0.4 is 10.6 Å². The number of rotatable bonds is 9. The molecule has 0 saturated heterocycles. The van der Waals surface area contributed by atoms with Gasteiger partial charge < -0.3 is 10.6 Å². The number of para-hydroxylation sites is 2. The lowest BCUT2D eigenvalue weighted by Crippen LogP contribution is -2.23. The second-order valence-electron chi connectivity index (χ2n) is 7.91. The Morgan fingerprint density at radius 1 is 1.08 bits per heavy atom. The molecule has 0 bridgehead atoms. The summed E-state index contributed by atoms with van der Waals surface area (Å²) in [4.78, 5) is 23.6. The first kappa shape index (κ1) is 25.2. The summed E-state index contributed by atoms with van der Waals surface area (Å²) in [6, 6.07) is 21.4. The molecule has 9 nitrogen and oxygen atoms in total. The largest absolute Gasteiger partial charge is 0.377 e. The first-order valence-electron chi connectivity index (χ1n) is 11.0. The smallest absolute Gasteiger partial charge is 0.271 e. The third kappa shape index (κ3) is 5.84. The fourth-order valence-corrected chi connectivity index (χ4v) is 4.50. The van der Waals surface area contributed by atoms with Crippen LogP contribution in [0, 0.1) is 17.0 Å². The number of hydrogen-bond donors (Lipinski definition) is 2. The highest BCUT2D eigenvalue weighted by Crippen LogP contribution is 2.29. The predicted octanol–water partition coefficient (Wildman–Crippen LogP) is 5.87. The Balaban J connectivity index is 1.55. The molecular weight excluding hydrogens is 500 g/mol. The molecule has 0 radical (unpaired) electrons. The second kappa shape index (κ2) is 11.2. The first-order valence-corrected chi connectivity index (χ1v) is 12.3. The maximum Gasteiger partial charge on any atom is 0.271 e. The Kier molecular flexibility index (Phi) is 7.87. The molecule has 0 saturated carbocycles. The van der Waals surface area contributed by atoms with Gasteiger partial charge in [0.15, 0.2) is 11.0 Å². The molecule has 1 heterocycles. The molecule has 0 aliphatic carbocycles. The molecule has 0 aliphatic rings. The first-order chi connectivity index (χ1) is 17.3. The number of non-ortho nitro benzene ring substituents is 1. The number of carbonyl (C=O) groups excluding carboxylic acids is 1. The highest BCUT2D eigenvalue weighted by molar-refractivity contribution is 8.00. The van der Waals surface area contributed by atoms with E-state index in [-0.39, 0.29) is 11.6 Å². The summed E-state index contributed by atoms with van der Waals surface area (Å²) in [6.07, 6.45) is 0. The molecule has 11 heteroatoms. The normalized spacial score (nSPS) is 11.6. The summed E-state index contributed by atoms with van der Waals surface area (Å²) >= 11 is 7.51. The summed E-state index contributed by atoms with van der Waals surface area (Å²) in [5.74, 6) is 0.340. The van der Waals surface area contributed by atoms with E-state index in [1.807, 2.05) is 53.1 Å². The van der Waals surface area contributed by atoms with Crippen LogP contribution in [0.5, 0.6) is 0 Å². The summed E-state index contributed by atoms with van der Waals surface area (Å²) in [5.41, 5.74) is 2.66. The number of halogens is 1. The van der Waals surface area contributed by atoms with Gasteiger partial charge in [0.25, 0.3) is 5.69 Å². The van der Waals surface area contributed by atoms with E-state index in [4.69, 9.17) is 11.6 Å². The Morgan fingerprint density at radius 3 is 2.53 bits per heavy atom. The Hall–Kier alpha value is -3.89. The van der Waals surface area contributed by atoms with Crippen molar-refractivity contribution in [1.82, 2.24) is 14.8 Å². The highest BCUT2D eigenvalue weighted by atomic mass is 35.5. The fraction of sp³-hybridized carbons (Fsp3) is 0.160. The monoisotopic (exact) mass is 522 g/mol. The van der Waals surface area contributed by atoms with Gasteiger partial charge in [-0.3, -0.25) is 19.5 Å².